The summed E-state index contributed by atoms with van der Waals surface area (Å²) >= 11 is 0. The van der Waals surface area contributed by atoms with Crippen LogP contribution in [0.25, 0.3) is 0 Å². The average Bonchev–Trinajstić information content (AvgIpc) is 3.11. The minimum atomic E-state index is 0.174. The minimum Gasteiger partial charge on any atom is -0.341 e. The predicted molar refractivity (Wildman–Crippen MR) is 70.3 cm³/mol. The SMILES string of the molecule is CCNCCc1cn(CC(=O)N(C)C2CC2)cn1. The summed E-state index contributed by atoms with van der Waals surface area (Å²) in [6.45, 7) is 4.40. The molecular weight excluding hydrogens is 228 g/mol. The Morgan fingerprint density at radius 1 is 1.61 bits per heavy atom. The molecule has 2 rings (SSSR count). The maximum atomic E-state index is 11.9. The molecule has 1 amide bonds. The van der Waals surface area contributed by atoms with Crippen LogP contribution in [0.4, 0.5) is 0 Å². The molecule has 1 saturated carbocycles. The van der Waals surface area contributed by atoms with Gasteiger partial charge in [-0.1, -0.05) is 6.92 Å². The molecule has 1 aliphatic rings. The molecule has 1 aromatic heterocycles. The topological polar surface area (TPSA) is 50.2 Å². The van der Waals surface area contributed by atoms with Crippen LogP contribution < -0.4 is 5.32 Å². The Bertz CT molecular complexity index is 397. The Balaban J connectivity index is 1.80. The van der Waals surface area contributed by atoms with Crippen LogP contribution in [-0.2, 0) is 17.8 Å². The zero-order valence-corrected chi connectivity index (χ0v) is 11.2. The van der Waals surface area contributed by atoms with Gasteiger partial charge in [0, 0.05) is 32.3 Å². The normalized spacial score (nSPS) is 14.8. The molecule has 1 N–H and O–H groups in total. The Kier molecular flexibility index (Phi) is 4.36. The first-order valence-electron chi connectivity index (χ1n) is 6.67. The van der Waals surface area contributed by atoms with Gasteiger partial charge < -0.3 is 14.8 Å². The van der Waals surface area contributed by atoms with E-state index in [2.05, 4.69) is 17.2 Å². The van der Waals surface area contributed by atoms with Crippen molar-refractivity contribution < 1.29 is 4.79 Å². The summed E-state index contributed by atoms with van der Waals surface area (Å²) in [6, 6.07) is 0.481. The first-order chi connectivity index (χ1) is 8.70. The highest BCUT2D eigenvalue weighted by molar-refractivity contribution is 5.76. The van der Waals surface area contributed by atoms with Crippen molar-refractivity contribution in [2.24, 2.45) is 0 Å². The maximum Gasteiger partial charge on any atom is 0.242 e. The van der Waals surface area contributed by atoms with Gasteiger partial charge in [-0.05, 0) is 19.4 Å². The number of aromatic nitrogens is 2. The molecular formula is C13H22N4O. The number of carbonyl (C=O) groups excluding carboxylic acids is 1. The molecule has 1 fully saturated rings. The van der Waals surface area contributed by atoms with Crippen LogP contribution in [0, 0.1) is 0 Å². The molecule has 0 aliphatic heterocycles. The summed E-state index contributed by atoms with van der Waals surface area (Å²) < 4.78 is 1.88. The van der Waals surface area contributed by atoms with E-state index in [0.29, 0.717) is 12.6 Å². The van der Waals surface area contributed by atoms with E-state index in [0.717, 1.165) is 38.0 Å². The van der Waals surface area contributed by atoms with Crippen molar-refractivity contribution >= 4 is 5.91 Å². The number of amides is 1. The fourth-order valence-corrected chi connectivity index (χ4v) is 1.95. The number of carbonyl (C=O) groups is 1. The third-order valence-electron chi connectivity index (χ3n) is 3.30. The molecule has 5 heteroatoms. The van der Waals surface area contributed by atoms with E-state index in [-0.39, 0.29) is 5.91 Å². The summed E-state index contributed by atoms with van der Waals surface area (Å²) in [5.41, 5.74) is 1.04. The Morgan fingerprint density at radius 3 is 3.06 bits per heavy atom. The van der Waals surface area contributed by atoms with E-state index in [1.165, 1.54) is 0 Å². The number of likely N-dealkylation sites (N-methyl/N-ethyl adjacent to an activating group) is 2. The molecule has 0 aromatic carbocycles. The predicted octanol–water partition coefficient (Wildman–Crippen LogP) is 0.656. The quantitative estimate of drug-likeness (QED) is 0.723. The molecule has 100 valence electrons. The maximum absolute atomic E-state index is 11.9. The van der Waals surface area contributed by atoms with Crippen molar-refractivity contribution in [1.29, 1.82) is 0 Å². The first-order valence-corrected chi connectivity index (χ1v) is 6.67. The molecule has 0 atom stereocenters. The van der Waals surface area contributed by atoms with Crippen molar-refractivity contribution in [2.75, 3.05) is 20.1 Å². The number of hydrogen-bond acceptors (Lipinski definition) is 3. The van der Waals surface area contributed by atoms with E-state index < -0.39 is 0 Å². The van der Waals surface area contributed by atoms with Gasteiger partial charge >= 0.3 is 0 Å². The summed E-state index contributed by atoms with van der Waals surface area (Å²) in [5.74, 6) is 0.174. The van der Waals surface area contributed by atoms with E-state index in [9.17, 15) is 4.79 Å². The fraction of sp³-hybridized carbons (Fsp3) is 0.692. The Labute approximate surface area is 108 Å². The van der Waals surface area contributed by atoms with Gasteiger partial charge in [0.25, 0.3) is 0 Å². The number of hydrogen-bond donors (Lipinski definition) is 1. The second kappa shape index (κ2) is 6.00. The highest BCUT2D eigenvalue weighted by Crippen LogP contribution is 2.25. The molecule has 1 aromatic rings. The highest BCUT2D eigenvalue weighted by atomic mass is 16.2. The van der Waals surface area contributed by atoms with E-state index in [1.807, 2.05) is 22.7 Å². The monoisotopic (exact) mass is 250 g/mol. The van der Waals surface area contributed by atoms with Crippen LogP contribution in [0.5, 0.6) is 0 Å². The zero-order chi connectivity index (χ0) is 13.0. The third kappa shape index (κ3) is 3.57. The molecule has 1 heterocycles. The van der Waals surface area contributed by atoms with Gasteiger partial charge in [-0.15, -0.1) is 0 Å². The first kappa shape index (κ1) is 13.1. The lowest BCUT2D eigenvalue weighted by molar-refractivity contribution is -0.131. The summed E-state index contributed by atoms with van der Waals surface area (Å²) in [4.78, 5) is 18.1. The largest absolute Gasteiger partial charge is 0.341 e. The number of rotatable bonds is 7. The van der Waals surface area contributed by atoms with Gasteiger partial charge in [0.1, 0.15) is 6.54 Å². The van der Waals surface area contributed by atoms with Gasteiger partial charge in [0.05, 0.1) is 12.0 Å². The summed E-state index contributed by atoms with van der Waals surface area (Å²) in [7, 11) is 1.89. The van der Waals surface area contributed by atoms with E-state index >= 15 is 0 Å². The lowest BCUT2D eigenvalue weighted by Gasteiger charge is -2.16. The second-order valence-corrected chi connectivity index (χ2v) is 4.88. The van der Waals surface area contributed by atoms with Gasteiger partial charge in [-0.25, -0.2) is 4.98 Å². The smallest absolute Gasteiger partial charge is 0.242 e. The molecule has 0 spiro atoms. The third-order valence-corrected chi connectivity index (χ3v) is 3.30. The van der Waals surface area contributed by atoms with Crippen molar-refractivity contribution in [1.82, 2.24) is 19.8 Å². The molecule has 18 heavy (non-hydrogen) atoms. The van der Waals surface area contributed by atoms with E-state index in [1.54, 1.807) is 6.33 Å². The second-order valence-electron chi connectivity index (χ2n) is 4.88. The summed E-state index contributed by atoms with van der Waals surface area (Å²) in [6.07, 6.45) is 6.93. The van der Waals surface area contributed by atoms with Gasteiger partial charge in [0.15, 0.2) is 0 Å². The Morgan fingerprint density at radius 2 is 2.39 bits per heavy atom. The van der Waals surface area contributed by atoms with Crippen molar-refractivity contribution in [3.8, 4) is 0 Å². The van der Waals surface area contributed by atoms with Crippen molar-refractivity contribution in [2.45, 2.75) is 38.8 Å². The standard InChI is InChI=1S/C13H22N4O/c1-3-14-7-6-11-8-17(10-15-11)9-13(18)16(2)12-4-5-12/h8,10,12,14H,3-7,9H2,1-2H3. The van der Waals surface area contributed by atoms with Crippen molar-refractivity contribution in [3.63, 3.8) is 0 Å². The lowest BCUT2D eigenvalue weighted by Crippen LogP contribution is -2.31. The average molecular weight is 250 g/mol. The molecule has 5 nitrogen and oxygen atoms in total. The van der Waals surface area contributed by atoms with E-state index in [4.69, 9.17) is 0 Å². The zero-order valence-electron chi connectivity index (χ0n) is 11.2. The van der Waals surface area contributed by atoms with Crippen LogP contribution >= 0.6 is 0 Å². The Hall–Kier alpha value is -1.36. The van der Waals surface area contributed by atoms with Crippen LogP contribution in [0.1, 0.15) is 25.5 Å². The molecule has 0 bridgehead atoms. The molecule has 1 aliphatic carbocycles. The lowest BCUT2D eigenvalue weighted by atomic mass is 10.3. The minimum absolute atomic E-state index is 0.174. The highest BCUT2D eigenvalue weighted by Gasteiger charge is 2.29. The van der Waals surface area contributed by atoms with Crippen LogP contribution in [-0.4, -0.2) is 46.5 Å². The number of nitrogens with zero attached hydrogens (tertiary/aromatic N) is 3. The molecule has 0 radical (unpaired) electrons. The van der Waals surface area contributed by atoms with Gasteiger partial charge in [0.2, 0.25) is 5.91 Å². The number of imidazole rings is 1. The number of nitrogens with one attached hydrogen (secondary N) is 1. The summed E-state index contributed by atoms with van der Waals surface area (Å²) in [5, 5.41) is 3.26. The van der Waals surface area contributed by atoms with Crippen LogP contribution in [0.2, 0.25) is 0 Å². The van der Waals surface area contributed by atoms with Crippen LogP contribution in [0.15, 0.2) is 12.5 Å². The molecule has 0 saturated heterocycles. The van der Waals surface area contributed by atoms with Gasteiger partial charge in [-0.2, -0.15) is 0 Å². The van der Waals surface area contributed by atoms with Gasteiger partial charge in [-0.3, -0.25) is 4.79 Å². The van der Waals surface area contributed by atoms with Crippen molar-refractivity contribution in [3.05, 3.63) is 18.2 Å². The van der Waals surface area contributed by atoms with Crippen LogP contribution in [0.3, 0.4) is 0 Å². The fourth-order valence-electron chi connectivity index (χ4n) is 1.95. The molecule has 0 unspecified atom stereocenters.